The zero-order chi connectivity index (χ0) is 22.2. The fraction of sp³-hybridized carbons (Fsp3) is 0.179. The zero-order valence-corrected chi connectivity index (χ0v) is 18.5. The normalized spacial score (nSPS) is 11.3. The fourth-order valence-corrected chi connectivity index (χ4v) is 4.58. The van der Waals surface area contributed by atoms with E-state index in [1.54, 1.807) is 0 Å². The molecule has 0 bridgehead atoms. The molecule has 0 aliphatic rings. The average molecular weight is 424 g/mol. The van der Waals surface area contributed by atoms with Crippen LogP contribution in [-0.2, 0) is 11.3 Å². The molecular formula is C28H25NO3. The molecular weight excluding hydrogens is 398 g/mol. The Morgan fingerprint density at radius 1 is 0.938 bits per heavy atom. The van der Waals surface area contributed by atoms with Crippen LogP contribution in [0.3, 0.4) is 0 Å². The molecule has 4 nitrogen and oxygen atoms in total. The van der Waals surface area contributed by atoms with Crippen LogP contribution in [0.25, 0.3) is 33.2 Å². The summed E-state index contributed by atoms with van der Waals surface area (Å²) in [6.45, 7) is 6.89. The van der Waals surface area contributed by atoms with Crippen LogP contribution in [0, 0.1) is 13.8 Å². The summed E-state index contributed by atoms with van der Waals surface area (Å²) in [7, 11) is 0. The van der Waals surface area contributed by atoms with Gasteiger partial charge in [-0.25, -0.2) is 4.79 Å². The highest BCUT2D eigenvalue weighted by atomic mass is 16.5. The Balaban J connectivity index is 1.79. The molecule has 0 fully saturated rings. The molecule has 0 aliphatic carbocycles. The van der Waals surface area contributed by atoms with E-state index < -0.39 is 0 Å². The summed E-state index contributed by atoms with van der Waals surface area (Å²) in [5, 5.41) is 1.97. The van der Waals surface area contributed by atoms with Gasteiger partial charge in [-0.2, -0.15) is 0 Å². The highest BCUT2D eigenvalue weighted by molar-refractivity contribution is 6.08. The lowest BCUT2D eigenvalue weighted by atomic mass is 10.1. The quantitative estimate of drug-likeness (QED) is 0.289. The van der Waals surface area contributed by atoms with Crippen molar-refractivity contribution in [2.24, 2.45) is 0 Å². The van der Waals surface area contributed by atoms with Crippen molar-refractivity contribution >= 4 is 27.8 Å². The molecule has 5 rings (SSSR count). The minimum Gasteiger partial charge on any atom is -0.461 e. The summed E-state index contributed by atoms with van der Waals surface area (Å²) in [5.74, 6) is 0.327. The lowest BCUT2D eigenvalue weighted by Crippen LogP contribution is -2.14. The van der Waals surface area contributed by atoms with Gasteiger partial charge in [-0.15, -0.1) is 0 Å². The van der Waals surface area contributed by atoms with E-state index in [4.69, 9.17) is 9.15 Å². The number of furan rings is 1. The van der Waals surface area contributed by atoms with E-state index in [1.165, 1.54) is 11.1 Å². The summed E-state index contributed by atoms with van der Waals surface area (Å²) < 4.78 is 13.8. The number of fused-ring (bicyclic) bond motifs is 2. The molecule has 0 saturated heterocycles. The van der Waals surface area contributed by atoms with E-state index >= 15 is 0 Å². The third-order valence-corrected chi connectivity index (χ3v) is 5.73. The number of benzene rings is 3. The number of aromatic nitrogens is 1. The minimum absolute atomic E-state index is 0.309. The average Bonchev–Trinajstić information content (AvgIpc) is 3.32. The molecule has 0 radical (unpaired) electrons. The number of nitrogens with zero attached hydrogens (tertiary/aromatic N) is 1. The van der Waals surface area contributed by atoms with Gasteiger partial charge in [-0.1, -0.05) is 65.7 Å². The van der Waals surface area contributed by atoms with Crippen molar-refractivity contribution in [2.75, 3.05) is 6.61 Å². The standard InChI is InChI=1S/C28H25NO3/c1-4-31-28(30)27-26(25-16-21-9-5-8-12-24(21)32-25)22-10-6-7-11-23(22)29(27)17-20-14-18(2)13-19(3)15-20/h5-16H,4,17H2,1-3H3. The molecule has 0 spiro atoms. The van der Waals surface area contributed by atoms with Gasteiger partial charge in [0.2, 0.25) is 0 Å². The van der Waals surface area contributed by atoms with E-state index in [0.717, 1.165) is 33.0 Å². The van der Waals surface area contributed by atoms with E-state index in [2.05, 4.69) is 36.6 Å². The molecule has 5 aromatic rings. The second-order valence-corrected chi connectivity index (χ2v) is 8.19. The number of carbonyl (C=O) groups is 1. The molecule has 0 saturated carbocycles. The highest BCUT2D eigenvalue weighted by Gasteiger charge is 2.27. The van der Waals surface area contributed by atoms with Gasteiger partial charge in [-0.3, -0.25) is 0 Å². The number of hydrogen-bond acceptors (Lipinski definition) is 3. The van der Waals surface area contributed by atoms with Gasteiger partial charge in [0, 0.05) is 22.8 Å². The Hall–Kier alpha value is -3.79. The van der Waals surface area contributed by atoms with Crippen molar-refractivity contribution in [3.63, 3.8) is 0 Å². The maximum Gasteiger partial charge on any atom is 0.355 e. The highest BCUT2D eigenvalue weighted by Crippen LogP contribution is 2.38. The number of rotatable bonds is 5. The van der Waals surface area contributed by atoms with Crippen LogP contribution in [0.5, 0.6) is 0 Å². The van der Waals surface area contributed by atoms with Gasteiger partial charge >= 0.3 is 5.97 Å². The molecule has 2 aromatic heterocycles. The molecule has 0 atom stereocenters. The van der Waals surface area contributed by atoms with Gasteiger partial charge in [-0.05, 0) is 44.5 Å². The second kappa shape index (κ2) is 8.04. The number of para-hydroxylation sites is 2. The molecule has 32 heavy (non-hydrogen) atoms. The molecule has 3 aromatic carbocycles. The molecule has 0 aliphatic heterocycles. The Bertz CT molecular complexity index is 1400. The SMILES string of the molecule is CCOC(=O)c1c(-c2cc3ccccc3o2)c2ccccc2n1Cc1cc(C)cc(C)c1. The van der Waals surface area contributed by atoms with Crippen molar-refractivity contribution in [3.8, 4) is 11.3 Å². The zero-order valence-electron chi connectivity index (χ0n) is 18.5. The first-order valence-electron chi connectivity index (χ1n) is 10.9. The number of esters is 1. The van der Waals surface area contributed by atoms with Crippen LogP contribution in [0.1, 0.15) is 34.1 Å². The molecule has 0 amide bonds. The van der Waals surface area contributed by atoms with Crippen LogP contribution in [0.4, 0.5) is 0 Å². The lowest BCUT2D eigenvalue weighted by molar-refractivity contribution is 0.0515. The maximum absolute atomic E-state index is 13.3. The largest absolute Gasteiger partial charge is 0.461 e. The topological polar surface area (TPSA) is 44.4 Å². The predicted octanol–water partition coefficient (Wildman–Crippen LogP) is 6.90. The van der Waals surface area contributed by atoms with Gasteiger partial charge in [0.05, 0.1) is 12.2 Å². The number of aryl methyl sites for hydroxylation is 2. The number of carbonyl (C=O) groups excluding carboxylic acids is 1. The van der Waals surface area contributed by atoms with Gasteiger partial charge in [0.25, 0.3) is 0 Å². The van der Waals surface area contributed by atoms with Crippen molar-refractivity contribution in [1.29, 1.82) is 0 Å². The van der Waals surface area contributed by atoms with Gasteiger partial charge < -0.3 is 13.7 Å². The summed E-state index contributed by atoms with van der Waals surface area (Å²) in [6.07, 6.45) is 0. The van der Waals surface area contributed by atoms with Crippen LogP contribution in [0.15, 0.2) is 77.2 Å². The second-order valence-electron chi connectivity index (χ2n) is 8.19. The third kappa shape index (κ3) is 3.48. The lowest BCUT2D eigenvalue weighted by Gasteiger charge is -2.12. The van der Waals surface area contributed by atoms with Crippen molar-refractivity contribution in [1.82, 2.24) is 4.57 Å². The summed E-state index contributed by atoms with van der Waals surface area (Å²) in [5.41, 5.74) is 6.61. The summed E-state index contributed by atoms with van der Waals surface area (Å²) >= 11 is 0. The van der Waals surface area contributed by atoms with Crippen LogP contribution in [-0.4, -0.2) is 17.1 Å². The van der Waals surface area contributed by atoms with Crippen LogP contribution < -0.4 is 0 Å². The van der Waals surface area contributed by atoms with Gasteiger partial charge in [0.15, 0.2) is 0 Å². The molecule has 160 valence electrons. The number of hydrogen-bond donors (Lipinski definition) is 0. The Morgan fingerprint density at radius 3 is 2.41 bits per heavy atom. The molecule has 4 heteroatoms. The first-order chi connectivity index (χ1) is 15.5. The molecule has 2 heterocycles. The third-order valence-electron chi connectivity index (χ3n) is 5.73. The monoisotopic (exact) mass is 423 g/mol. The minimum atomic E-state index is -0.344. The number of ether oxygens (including phenoxy) is 1. The smallest absolute Gasteiger partial charge is 0.355 e. The summed E-state index contributed by atoms with van der Waals surface area (Å²) in [6, 6.07) is 24.5. The van der Waals surface area contributed by atoms with Crippen molar-refractivity contribution in [2.45, 2.75) is 27.3 Å². The first-order valence-corrected chi connectivity index (χ1v) is 10.9. The van der Waals surface area contributed by atoms with E-state index in [-0.39, 0.29) is 5.97 Å². The summed E-state index contributed by atoms with van der Waals surface area (Å²) in [4.78, 5) is 13.3. The van der Waals surface area contributed by atoms with E-state index in [1.807, 2.05) is 61.5 Å². The molecule has 0 N–H and O–H groups in total. The van der Waals surface area contributed by atoms with E-state index in [9.17, 15) is 4.79 Å². The van der Waals surface area contributed by atoms with Gasteiger partial charge in [0.1, 0.15) is 17.0 Å². The Labute approximate surface area is 187 Å². The Kier molecular flexibility index (Phi) is 5.06. The fourth-order valence-electron chi connectivity index (χ4n) is 4.58. The van der Waals surface area contributed by atoms with Crippen LogP contribution >= 0.6 is 0 Å². The Morgan fingerprint density at radius 2 is 1.66 bits per heavy atom. The van der Waals surface area contributed by atoms with Crippen molar-refractivity contribution < 1.29 is 13.9 Å². The predicted molar refractivity (Wildman–Crippen MR) is 128 cm³/mol. The molecule has 0 unspecified atom stereocenters. The first kappa shape index (κ1) is 20.1. The van der Waals surface area contributed by atoms with E-state index in [0.29, 0.717) is 24.6 Å². The van der Waals surface area contributed by atoms with Crippen molar-refractivity contribution in [3.05, 3.63) is 95.2 Å². The van der Waals surface area contributed by atoms with Crippen LogP contribution in [0.2, 0.25) is 0 Å². The maximum atomic E-state index is 13.3.